The molecule has 0 radical (unpaired) electrons. The molecule has 1 aromatic carbocycles. The molecule has 1 aliphatic heterocycles. The molecule has 1 fully saturated rings. The van der Waals surface area contributed by atoms with E-state index in [1.165, 1.54) is 0 Å². The van der Waals surface area contributed by atoms with Gasteiger partial charge in [-0.25, -0.2) is 4.98 Å². The lowest BCUT2D eigenvalue weighted by Gasteiger charge is -2.32. The lowest BCUT2D eigenvalue weighted by Crippen LogP contribution is -2.44. The van der Waals surface area contributed by atoms with Crippen LogP contribution >= 0.6 is 23.2 Å². The number of aromatic nitrogens is 1. The maximum absolute atomic E-state index is 12.9. The van der Waals surface area contributed by atoms with E-state index in [9.17, 15) is 4.79 Å². The number of carbonyl (C=O) groups is 1. The largest absolute Gasteiger partial charge is 0.437 e. The van der Waals surface area contributed by atoms with Crippen LogP contribution < -0.4 is 10.1 Å². The van der Waals surface area contributed by atoms with Crippen molar-refractivity contribution in [3.63, 3.8) is 0 Å². The van der Waals surface area contributed by atoms with Gasteiger partial charge in [0.05, 0.1) is 5.02 Å². The number of piperidine rings is 1. The van der Waals surface area contributed by atoms with Gasteiger partial charge >= 0.3 is 0 Å². The van der Waals surface area contributed by atoms with Crippen LogP contribution in [-0.4, -0.2) is 42.0 Å². The Bertz CT molecular complexity index is 762. The second-order valence-electron chi connectivity index (χ2n) is 5.89. The van der Waals surface area contributed by atoms with Crippen molar-refractivity contribution in [1.82, 2.24) is 15.2 Å². The van der Waals surface area contributed by atoms with Gasteiger partial charge in [0.15, 0.2) is 0 Å². The minimum Gasteiger partial charge on any atom is -0.437 e. The predicted octanol–water partition coefficient (Wildman–Crippen LogP) is 4.00. The maximum Gasteiger partial charge on any atom is 0.259 e. The Morgan fingerprint density at radius 2 is 2.04 bits per heavy atom. The average Bonchev–Trinajstić information content (AvgIpc) is 2.64. The molecule has 0 unspecified atom stereocenters. The summed E-state index contributed by atoms with van der Waals surface area (Å²) < 4.78 is 5.79. The Hall–Kier alpha value is -1.82. The number of hydrogen-bond acceptors (Lipinski definition) is 4. The third-order valence-electron chi connectivity index (χ3n) is 4.29. The Morgan fingerprint density at radius 1 is 1.28 bits per heavy atom. The summed E-state index contributed by atoms with van der Waals surface area (Å²) in [6.45, 7) is 1.42. The molecule has 3 rings (SSSR count). The van der Waals surface area contributed by atoms with Crippen LogP contribution in [-0.2, 0) is 0 Å². The van der Waals surface area contributed by atoms with E-state index in [1.807, 2.05) is 11.9 Å². The van der Waals surface area contributed by atoms with Crippen LogP contribution in [0.4, 0.5) is 0 Å². The zero-order valence-corrected chi connectivity index (χ0v) is 15.3. The van der Waals surface area contributed by atoms with Crippen molar-refractivity contribution in [2.24, 2.45) is 0 Å². The predicted molar refractivity (Wildman–Crippen MR) is 98.8 cm³/mol. The van der Waals surface area contributed by atoms with Crippen LogP contribution in [0.2, 0.25) is 10.0 Å². The second-order valence-corrected chi connectivity index (χ2v) is 6.73. The SMILES string of the molecule is CNC1CCN(C(=O)c2cccnc2Oc2ccc(Cl)cc2Cl)CC1. The normalized spacial score (nSPS) is 15.2. The molecule has 0 aliphatic carbocycles. The molecule has 1 N–H and O–H groups in total. The molecule has 2 aromatic rings. The molecule has 1 saturated heterocycles. The van der Waals surface area contributed by atoms with Crippen LogP contribution in [0.5, 0.6) is 11.6 Å². The van der Waals surface area contributed by atoms with Gasteiger partial charge in [-0.05, 0) is 50.2 Å². The number of rotatable bonds is 4. The molecule has 1 aromatic heterocycles. The average molecular weight is 380 g/mol. The molecular weight excluding hydrogens is 361 g/mol. The maximum atomic E-state index is 12.9. The van der Waals surface area contributed by atoms with Crippen molar-refractivity contribution in [3.05, 3.63) is 52.1 Å². The molecule has 1 aliphatic rings. The fourth-order valence-electron chi connectivity index (χ4n) is 2.84. The van der Waals surface area contributed by atoms with E-state index in [4.69, 9.17) is 27.9 Å². The first-order valence-corrected chi connectivity index (χ1v) is 8.88. The van der Waals surface area contributed by atoms with Gasteiger partial charge in [-0.15, -0.1) is 0 Å². The van der Waals surface area contributed by atoms with Crippen molar-refractivity contribution < 1.29 is 9.53 Å². The van der Waals surface area contributed by atoms with Crippen molar-refractivity contribution in [2.45, 2.75) is 18.9 Å². The molecule has 2 heterocycles. The number of amides is 1. The molecule has 0 atom stereocenters. The third kappa shape index (κ3) is 4.24. The summed E-state index contributed by atoms with van der Waals surface area (Å²) in [5.74, 6) is 0.572. The molecule has 0 spiro atoms. The zero-order valence-electron chi connectivity index (χ0n) is 13.8. The van der Waals surface area contributed by atoms with E-state index < -0.39 is 0 Å². The fraction of sp³-hybridized carbons (Fsp3) is 0.333. The van der Waals surface area contributed by atoms with Crippen molar-refractivity contribution in [3.8, 4) is 11.6 Å². The van der Waals surface area contributed by atoms with Gasteiger partial charge in [-0.2, -0.15) is 0 Å². The molecule has 0 bridgehead atoms. The number of nitrogens with one attached hydrogen (secondary N) is 1. The summed E-state index contributed by atoms with van der Waals surface area (Å²) in [5, 5.41) is 4.14. The van der Waals surface area contributed by atoms with E-state index in [0.29, 0.717) is 40.5 Å². The van der Waals surface area contributed by atoms with Gasteiger partial charge in [-0.1, -0.05) is 23.2 Å². The molecule has 1 amide bonds. The van der Waals surface area contributed by atoms with Crippen LogP contribution in [0.1, 0.15) is 23.2 Å². The van der Waals surface area contributed by atoms with Crippen LogP contribution in [0.25, 0.3) is 0 Å². The van der Waals surface area contributed by atoms with E-state index in [0.717, 1.165) is 12.8 Å². The quantitative estimate of drug-likeness (QED) is 0.871. The standard InChI is InChI=1S/C18H19Cl2N3O2/c1-21-13-6-9-23(10-7-13)18(24)14-3-2-8-22-17(14)25-16-5-4-12(19)11-15(16)20/h2-5,8,11,13,21H,6-7,9-10H2,1H3. The first-order valence-electron chi connectivity index (χ1n) is 8.13. The number of ether oxygens (including phenoxy) is 1. The number of nitrogens with zero attached hydrogens (tertiary/aromatic N) is 2. The Kier molecular flexibility index (Phi) is 5.78. The zero-order chi connectivity index (χ0) is 17.8. The van der Waals surface area contributed by atoms with Crippen LogP contribution in [0.15, 0.2) is 36.5 Å². The first-order chi connectivity index (χ1) is 12.1. The topological polar surface area (TPSA) is 54.5 Å². The molecule has 0 saturated carbocycles. The highest BCUT2D eigenvalue weighted by molar-refractivity contribution is 6.35. The van der Waals surface area contributed by atoms with Gasteiger partial charge in [-0.3, -0.25) is 4.79 Å². The monoisotopic (exact) mass is 379 g/mol. The molecule has 5 nitrogen and oxygen atoms in total. The third-order valence-corrected chi connectivity index (χ3v) is 4.82. The highest BCUT2D eigenvalue weighted by Gasteiger charge is 2.25. The fourth-order valence-corrected chi connectivity index (χ4v) is 3.29. The minimum atomic E-state index is -0.0808. The number of hydrogen-bond donors (Lipinski definition) is 1. The Labute approximate surface area is 156 Å². The Morgan fingerprint density at radius 3 is 2.72 bits per heavy atom. The first kappa shape index (κ1) is 18.0. The van der Waals surface area contributed by atoms with Gasteiger partial charge in [0.1, 0.15) is 11.3 Å². The van der Waals surface area contributed by atoms with Crippen molar-refractivity contribution >= 4 is 29.1 Å². The summed E-state index contributed by atoms with van der Waals surface area (Å²) in [6, 6.07) is 8.83. The van der Waals surface area contributed by atoms with Gasteiger partial charge in [0, 0.05) is 30.4 Å². The van der Waals surface area contributed by atoms with Gasteiger partial charge in [0.2, 0.25) is 5.88 Å². The summed E-state index contributed by atoms with van der Waals surface area (Å²) in [6.07, 6.45) is 3.45. The molecule has 7 heteroatoms. The van der Waals surface area contributed by atoms with Crippen molar-refractivity contribution in [2.75, 3.05) is 20.1 Å². The van der Waals surface area contributed by atoms with Crippen molar-refractivity contribution in [1.29, 1.82) is 0 Å². The lowest BCUT2D eigenvalue weighted by molar-refractivity contribution is 0.0704. The van der Waals surface area contributed by atoms with Gasteiger partial charge < -0.3 is 15.0 Å². The smallest absolute Gasteiger partial charge is 0.259 e. The van der Waals surface area contributed by atoms with Crippen LogP contribution in [0, 0.1) is 0 Å². The highest BCUT2D eigenvalue weighted by atomic mass is 35.5. The number of carbonyl (C=O) groups excluding carboxylic acids is 1. The molecule has 132 valence electrons. The van der Waals surface area contributed by atoms with E-state index in [-0.39, 0.29) is 11.8 Å². The van der Waals surface area contributed by atoms with E-state index in [2.05, 4.69) is 10.3 Å². The second kappa shape index (κ2) is 8.04. The summed E-state index contributed by atoms with van der Waals surface area (Å²) in [5.41, 5.74) is 0.427. The summed E-state index contributed by atoms with van der Waals surface area (Å²) in [4.78, 5) is 18.9. The molecular formula is C18H19Cl2N3O2. The van der Waals surface area contributed by atoms with E-state index >= 15 is 0 Å². The highest BCUT2D eigenvalue weighted by Crippen LogP contribution is 2.32. The number of benzene rings is 1. The van der Waals surface area contributed by atoms with Gasteiger partial charge in [0.25, 0.3) is 5.91 Å². The number of halogens is 2. The van der Waals surface area contributed by atoms with Crippen LogP contribution in [0.3, 0.4) is 0 Å². The summed E-state index contributed by atoms with van der Waals surface area (Å²) in [7, 11) is 1.95. The molecule has 25 heavy (non-hydrogen) atoms. The summed E-state index contributed by atoms with van der Waals surface area (Å²) >= 11 is 12.1. The minimum absolute atomic E-state index is 0.0808. The lowest BCUT2D eigenvalue weighted by atomic mass is 10.0. The Balaban J connectivity index is 1.80. The van der Waals surface area contributed by atoms with E-state index in [1.54, 1.807) is 36.5 Å². The number of pyridine rings is 1. The number of likely N-dealkylation sites (tertiary alicyclic amines) is 1.